The third-order valence-electron chi connectivity index (χ3n) is 11.4. The molecule has 0 N–H and O–H groups in total. The molecule has 11 aromatic carbocycles. The van der Waals surface area contributed by atoms with Crippen LogP contribution >= 0.6 is 0 Å². The summed E-state index contributed by atoms with van der Waals surface area (Å²) in [5.74, 6) is 0. The Hall–Kier alpha value is -7.02. The fraction of sp³-hybridized carbons (Fsp3) is 0. The number of hydrogen-bond donors (Lipinski definition) is 0. The van der Waals surface area contributed by atoms with Crippen molar-refractivity contribution in [1.82, 2.24) is 0 Å². The minimum Gasteiger partial charge on any atom is -0.0616 e. The number of rotatable bonds is 4. The van der Waals surface area contributed by atoms with E-state index in [0.29, 0.717) is 0 Å². The van der Waals surface area contributed by atoms with E-state index < -0.39 is 0 Å². The van der Waals surface area contributed by atoms with Gasteiger partial charge in [0.1, 0.15) is 0 Å². The molecule has 54 heavy (non-hydrogen) atoms. The van der Waals surface area contributed by atoms with Gasteiger partial charge in [-0.05, 0) is 115 Å². The van der Waals surface area contributed by atoms with Crippen LogP contribution in [0.4, 0.5) is 0 Å². The van der Waals surface area contributed by atoms with Crippen molar-refractivity contribution in [3.8, 4) is 44.5 Å². The summed E-state index contributed by atoms with van der Waals surface area (Å²) in [6.45, 7) is 0. The molecule has 0 radical (unpaired) electrons. The summed E-state index contributed by atoms with van der Waals surface area (Å²) in [5, 5.41) is 15.2. The standard InChI is InChI=1S/C54H34/c1-2-16-39-34-40(33-28-35(39)14-1)52-45-21-7-11-25-49(45)54(50-26-12-8-22-46(50)52)53-47-23-9-5-19-43(47)51(44-20-6-10-24-48(44)53)38-31-29-37(30-32-38)42-27-13-17-36-15-3-4-18-41(36)42/h1-34H. The smallest absolute Gasteiger partial charge is 0.00139 e. The highest BCUT2D eigenvalue weighted by molar-refractivity contribution is 6.30. The molecule has 0 nitrogen and oxygen atoms in total. The molecule has 0 unspecified atom stereocenters. The van der Waals surface area contributed by atoms with Gasteiger partial charge in [0, 0.05) is 0 Å². The van der Waals surface area contributed by atoms with Crippen molar-refractivity contribution in [2.75, 3.05) is 0 Å². The topological polar surface area (TPSA) is 0 Å². The van der Waals surface area contributed by atoms with Crippen LogP contribution in [0.5, 0.6) is 0 Å². The number of fused-ring (bicyclic) bond motifs is 6. The Bertz CT molecular complexity index is 3140. The molecule has 11 aromatic rings. The van der Waals surface area contributed by atoms with Gasteiger partial charge in [-0.1, -0.05) is 200 Å². The average Bonchev–Trinajstić information content (AvgIpc) is 3.24. The maximum Gasteiger partial charge on any atom is -0.00139 e. The second-order valence-electron chi connectivity index (χ2n) is 14.3. The summed E-state index contributed by atoms with van der Waals surface area (Å²) in [4.78, 5) is 0. The Labute approximate surface area is 314 Å². The summed E-state index contributed by atoms with van der Waals surface area (Å²) in [5.41, 5.74) is 10.1. The normalized spacial score (nSPS) is 11.7. The van der Waals surface area contributed by atoms with Gasteiger partial charge >= 0.3 is 0 Å². The molecule has 0 spiro atoms. The second-order valence-corrected chi connectivity index (χ2v) is 14.3. The van der Waals surface area contributed by atoms with Gasteiger partial charge in [-0.15, -0.1) is 0 Å². The van der Waals surface area contributed by atoms with Gasteiger partial charge in [-0.2, -0.15) is 0 Å². The zero-order valence-corrected chi connectivity index (χ0v) is 29.6. The molecule has 0 aliphatic heterocycles. The molecular weight excluding hydrogens is 649 g/mol. The molecule has 0 aliphatic rings. The fourth-order valence-electron chi connectivity index (χ4n) is 9.06. The number of hydrogen-bond acceptors (Lipinski definition) is 0. The second kappa shape index (κ2) is 12.3. The van der Waals surface area contributed by atoms with Crippen molar-refractivity contribution in [3.05, 3.63) is 206 Å². The van der Waals surface area contributed by atoms with Crippen LogP contribution in [-0.4, -0.2) is 0 Å². The van der Waals surface area contributed by atoms with E-state index in [1.54, 1.807) is 0 Å². The molecule has 0 aromatic heterocycles. The van der Waals surface area contributed by atoms with Gasteiger partial charge in [0.25, 0.3) is 0 Å². The van der Waals surface area contributed by atoms with Crippen LogP contribution < -0.4 is 0 Å². The van der Waals surface area contributed by atoms with E-state index in [4.69, 9.17) is 0 Å². The maximum atomic E-state index is 2.36. The molecule has 0 saturated heterocycles. The van der Waals surface area contributed by atoms with E-state index >= 15 is 0 Å². The van der Waals surface area contributed by atoms with Gasteiger partial charge in [-0.3, -0.25) is 0 Å². The Morgan fingerprint density at radius 1 is 0.185 bits per heavy atom. The third kappa shape index (κ3) is 4.71. The van der Waals surface area contributed by atoms with Gasteiger partial charge in [0.2, 0.25) is 0 Å². The van der Waals surface area contributed by atoms with Crippen LogP contribution in [0.2, 0.25) is 0 Å². The maximum absolute atomic E-state index is 2.36. The van der Waals surface area contributed by atoms with Gasteiger partial charge in [0.05, 0.1) is 0 Å². The lowest BCUT2D eigenvalue weighted by Crippen LogP contribution is -1.94. The van der Waals surface area contributed by atoms with Crippen molar-refractivity contribution < 1.29 is 0 Å². The van der Waals surface area contributed by atoms with Gasteiger partial charge in [0.15, 0.2) is 0 Å². The highest BCUT2D eigenvalue weighted by Crippen LogP contribution is 2.50. The van der Waals surface area contributed by atoms with Crippen molar-refractivity contribution >= 4 is 64.6 Å². The van der Waals surface area contributed by atoms with Crippen LogP contribution in [0.15, 0.2) is 206 Å². The minimum absolute atomic E-state index is 1.22. The average molecular weight is 683 g/mol. The zero-order chi connectivity index (χ0) is 35.6. The fourth-order valence-corrected chi connectivity index (χ4v) is 9.06. The molecule has 11 rings (SSSR count). The summed E-state index contributed by atoms with van der Waals surface area (Å²) >= 11 is 0. The molecule has 0 amide bonds. The quantitative estimate of drug-likeness (QED) is 0.162. The van der Waals surface area contributed by atoms with E-state index in [9.17, 15) is 0 Å². The lowest BCUT2D eigenvalue weighted by molar-refractivity contribution is 1.63. The molecule has 0 atom stereocenters. The molecular formula is C54H34. The van der Waals surface area contributed by atoms with Crippen molar-refractivity contribution in [2.45, 2.75) is 0 Å². The largest absolute Gasteiger partial charge is 0.0616 e. The van der Waals surface area contributed by atoms with E-state index in [0.717, 1.165) is 0 Å². The van der Waals surface area contributed by atoms with Crippen LogP contribution in [0.1, 0.15) is 0 Å². The highest BCUT2D eigenvalue weighted by Gasteiger charge is 2.22. The predicted molar refractivity (Wildman–Crippen MR) is 233 cm³/mol. The zero-order valence-electron chi connectivity index (χ0n) is 29.6. The SMILES string of the molecule is c1ccc2cc(-c3c4ccccc4c(-c4c5ccccc5c(-c5ccc(-c6cccc7ccccc67)cc5)c5ccccc45)c4ccccc34)ccc2c1. The monoisotopic (exact) mass is 682 g/mol. The molecule has 250 valence electrons. The van der Waals surface area contributed by atoms with Gasteiger partial charge in [-0.25, -0.2) is 0 Å². The van der Waals surface area contributed by atoms with Gasteiger partial charge < -0.3 is 0 Å². The first-order valence-electron chi connectivity index (χ1n) is 18.8. The number of benzene rings is 11. The molecule has 0 heterocycles. The lowest BCUT2D eigenvalue weighted by Gasteiger charge is -2.22. The molecule has 0 heteroatoms. The van der Waals surface area contributed by atoms with Crippen molar-refractivity contribution in [2.24, 2.45) is 0 Å². The third-order valence-corrected chi connectivity index (χ3v) is 11.4. The molecule has 0 aliphatic carbocycles. The van der Waals surface area contributed by atoms with E-state index in [-0.39, 0.29) is 0 Å². The Morgan fingerprint density at radius 2 is 0.537 bits per heavy atom. The molecule has 0 bridgehead atoms. The molecule has 0 fully saturated rings. The first-order valence-corrected chi connectivity index (χ1v) is 18.8. The minimum atomic E-state index is 1.22. The molecule has 0 saturated carbocycles. The van der Waals surface area contributed by atoms with Crippen LogP contribution in [-0.2, 0) is 0 Å². The summed E-state index contributed by atoms with van der Waals surface area (Å²) < 4.78 is 0. The Kier molecular flexibility index (Phi) is 6.97. The van der Waals surface area contributed by atoms with Crippen LogP contribution in [0, 0.1) is 0 Å². The van der Waals surface area contributed by atoms with Crippen LogP contribution in [0.25, 0.3) is 109 Å². The Balaban J connectivity index is 1.19. The lowest BCUT2D eigenvalue weighted by atomic mass is 9.81. The summed E-state index contributed by atoms with van der Waals surface area (Å²) in [7, 11) is 0. The summed E-state index contributed by atoms with van der Waals surface area (Å²) in [6.07, 6.45) is 0. The van der Waals surface area contributed by atoms with E-state index in [1.165, 1.54) is 109 Å². The van der Waals surface area contributed by atoms with Crippen LogP contribution in [0.3, 0.4) is 0 Å². The Morgan fingerprint density at radius 3 is 1.06 bits per heavy atom. The first-order chi connectivity index (χ1) is 26.8. The van der Waals surface area contributed by atoms with E-state index in [1.807, 2.05) is 0 Å². The first kappa shape index (κ1) is 30.6. The summed E-state index contributed by atoms with van der Waals surface area (Å²) in [6, 6.07) is 76.1. The highest BCUT2D eigenvalue weighted by atomic mass is 14.2. The van der Waals surface area contributed by atoms with E-state index in [2.05, 4.69) is 206 Å². The predicted octanol–water partition coefficient (Wildman–Crippen LogP) is 15.3. The van der Waals surface area contributed by atoms with Crippen molar-refractivity contribution in [1.29, 1.82) is 0 Å². The van der Waals surface area contributed by atoms with Crippen molar-refractivity contribution in [3.63, 3.8) is 0 Å².